The molecule has 0 bridgehead atoms. The Morgan fingerprint density at radius 1 is 1.20 bits per heavy atom. The third-order valence-electron chi connectivity index (χ3n) is 4.24. The second-order valence-electron chi connectivity index (χ2n) is 6.04. The second-order valence-corrected chi connectivity index (χ2v) is 6.04. The fraction of sp³-hybridized carbons (Fsp3) is 0.150. The maximum Gasteiger partial charge on any atom is 0.335 e. The highest BCUT2D eigenvalue weighted by Gasteiger charge is 2.15. The topological polar surface area (TPSA) is 67.2 Å². The Labute approximate surface area is 144 Å². The van der Waals surface area contributed by atoms with Crippen LogP contribution in [0.2, 0.25) is 0 Å². The van der Waals surface area contributed by atoms with Crippen molar-refractivity contribution in [2.45, 2.75) is 13.3 Å². The number of hydrogen-bond donors (Lipinski definition) is 2. The molecule has 1 aliphatic heterocycles. The van der Waals surface area contributed by atoms with Crippen molar-refractivity contribution in [3.05, 3.63) is 60.3 Å². The SMILES string of the molecule is CCCOc1ccc2c3[nH]n(-c4cccc(C(=O)O)c4)cc-3cc2c1. The summed E-state index contributed by atoms with van der Waals surface area (Å²) in [4.78, 5) is 11.2. The van der Waals surface area contributed by atoms with Gasteiger partial charge < -0.3 is 9.84 Å². The van der Waals surface area contributed by atoms with E-state index in [1.807, 2.05) is 29.1 Å². The molecule has 0 fully saturated rings. The van der Waals surface area contributed by atoms with Crippen molar-refractivity contribution >= 4 is 16.7 Å². The molecule has 2 aromatic carbocycles. The molecule has 4 rings (SSSR count). The molecule has 25 heavy (non-hydrogen) atoms. The zero-order chi connectivity index (χ0) is 17.4. The zero-order valence-electron chi connectivity index (χ0n) is 13.8. The molecule has 5 heteroatoms. The van der Waals surface area contributed by atoms with E-state index in [1.165, 1.54) is 0 Å². The summed E-state index contributed by atoms with van der Waals surface area (Å²) in [6.07, 6.45) is 2.96. The van der Waals surface area contributed by atoms with E-state index >= 15 is 0 Å². The first kappa shape index (κ1) is 15.3. The standard InChI is InChI=1S/C20H18N2O3/c1-2-8-25-17-6-7-18-14(11-17)9-15-12-22(21-19(15)18)16-5-3-4-13(10-16)20(23)24/h3-7,9-12,21H,2,8H2,1H3,(H,23,24). The highest BCUT2D eigenvalue weighted by atomic mass is 16.5. The van der Waals surface area contributed by atoms with Gasteiger partial charge >= 0.3 is 5.97 Å². The summed E-state index contributed by atoms with van der Waals surface area (Å²) in [5.74, 6) is -0.0536. The fourth-order valence-electron chi connectivity index (χ4n) is 3.04. The van der Waals surface area contributed by atoms with Crippen LogP contribution in [0, 0.1) is 0 Å². The van der Waals surface area contributed by atoms with E-state index in [2.05, 4.69) is 24.2 Å². The molecule has 0 amide bonds. The summed E-state index contributed by atoms with van der Waals surface area (Å²) < 4.78 is 7.54. The average Bonchev–Trinajstić information content (AvgIpc) is 3.17. The summed E-state index contributed by atoms with van der Waals surface area (Å²) >= 11 is 0. The molecule has 1 heterocycles. The number of benzene rings is 2. The van der Waals surface area contributed by atoms with Crippen molar-refractivity contribution in [3.63, 3.8) is 0 Å². The lowest BCUT2D eigenvalue weighted by Gasteiger charge is -2.05. The zero-order valence-corrected chi connectivity index (χ0v) is 13.8. The molecule has 2 aliphatic rings. The number of nitrogens with one attached hydrogen (secondary N) is 1. The van der Waals surface area contributed by atoms with Crippen LogP contribution in [0.1, 0.15) is 23.7 Å². The summed E-state index contributed by atoms with van der Waals surface area (Å²) in [6, 6.07) is 15.0. The van der Waals surface area contributed by atoms with Crippen LogP contribution in [-0.4, -0.2) is 27.5 Å². The Morgan fingerprint density at radius 2 is 2.08 bits per heavy atom. The van der Waals surface area contributed by atoms with E-state index in [9.17, 15) is 4.79 Å². The first-order valence-corrected chi connectivity index (χ1v) is 8.26. The average molecular weight is 334 g/mol. The van der Waals surface area contributed by atoms with Crippen molar-refractivity contribution in [2.75, 3.05) is 6.61 Å². The minimum Gasteiger partial charge on any atom is -0.494 e. The summed E-state index contributed by atoms with van der Waals surface area (Å²) in [6.45, 7) is 2.80. The number of H-pyrrole nitrogens is 1. The number of nitrogens with zero attached hydrogens (tertiary/aromatic N) is 1. The molecule has 2 aromatic rings. The number of carbonyl (C=O) groups is 1. The molecule has 1 aliphatic carbocycles. The maximum absolute atomic E-state index is 11.2. The van der Waals surface area contributed by atoms with Gasteiger partial charge in [0.1, 0.15) is 5.75 Å². The number of rotatable bonds is 5. The van der Waals surface area contributed by atoms with Crippen molar-refractivity contribution in [1.82, 2.24) is 9.78 Å². The fourth-order valence-corrected chi connectivity index (χ4v) is 3.04. The first-order valence-electron chi connectivity index (χ1n) is 8.26. The van der Waals surface area contributed by atoms with Gasteiger partial charge in [0.15, 0.2) is 0 Å². The summed E-state index contributed by atoms with van der Waals surface area (Å²) in [5, 5.41) is 14.7. The van der Waals surface area contributed by atoms with E-state index in [1.54, 1.807) is 18.2 Å². The Morgan fingerprint density at radius 3 is 2.88 bits per heavy atom. The van der Waals surface area contributed by atoms with Gasteiger partial charge in [-0.1, -0.05) is 13.0 Å². The van der Waals surface area contributed by atoms with Gasteiger partial charge in [0, 0.05) is 17.1 Å². The second kappa shape index (κ2) is 6.02. The van der Waals surface area contributed by atoms with Gasteiger partial charge in [-0.25, -0.2) is 4.79 Å². The predicted octanol–water partition coefficient (Wildman–Crippen LogP) is 4.55. The normalized spacial score (nSPS) is 11.2. The summed E-state index contributed by atoms with van der Waals surface area (Å²) in [5.41, 5.74) is 3.15. The third-order valence-corrected chi connectivity index (χ3v) is 4.24. The van der Waals surface area contributed by atoms with Gasteiger partial charge in [0.05, 0.1) is 23.6 Å². The molecule has 0 unspecified atom stereocenters. The number of aromatic carboxylic acids is 1. The van der Waals surface area contributed by atoms with Crippen LogP contribution in [0.4, 0.5) is 0 Å². The Kier molecular flexibility index (Phi) is 3.69. The third kappa shape index (κ3) is 2.74. The maximum atomic E-state index is 11.2. The number of ether oxygens (including phenoxy) is 1. The number of aromatic nitrogens is 2. The molecule has 0 saturated carbocycles. The monoisotopic (exact) mass is 334 g/mol. The first-order chi connectivity index (χ1) is 12.2. The number of carboxylic acid groups (broad SMARTS) is 1. The number of fused-ring (bicyclic) bond motifs is 3. The lowest BCUT2D eigenvalue weighted by molar-refractivity contribution is 0.0697. The van der Waals surface area contributed by atoms with Crippen molar-refractivity contribution in [1.29, 1.82) is 0 Å². The Bertz CT molecular complexity index is 1030. The van der Waals surface area contributed by atoms with Gasteiger partial charge in [0.2, 0.25) is 0 Å². The summed E-state index contributed by atoms with van der Waals surface area (Å²) in [7, 11) is 0. The minimum absolute atomic E-state index is 0.266. The Hall–Kier alpha value is -3.21. The van der Waals surface area contributed by atoms with Gasteiger partial charge in [-0.05, 0) is 54.3 Å². The van der Waals surface area contributed by atoms with Crippen LogP contribution in [-0.2, 0) is 0 Å². The van der Waals surface area contributed by atoms with Crippen LogP contribution in [0.3, 0.4) is 0 Å². The number of aromatic amines is 1. The molecule has 2 N–H and O–H groups in total. The van der Waals surface area contributed by atoms with Crippen molar-refractivity contribution < 1.29 is 14.6 Å². The molecule has 0 saturated heterocycles. The van der Waals surface area contributed by atoms with E-state index in [4.69, 9.17) is 9.84 Å². The highest BCUT2D eigenvalue weighted by Crippen LogP contribution is 2.35. The van der Waals surface area contributed by atoms with E-state index in [0.717, 1.165) is 39.9 Å². The molecular formula is C20H18N2O3. The molecule has 0 aromatic heterocycles. The smallest absolute Gasteiger partial charge is 0.335 e. The molecular weight excluding hydrogens is 316 g/mol. The van der Waals surface area contributed by atoms with Crippen LogP contribution >= 0.6 is 0 Å². The lowest BCUT2D eigenvalue weighted by Crippen LogP contribution is -2.00. The van der Waals surface area contributed by atoms with E-state index in [-0.39, 0.29) is 5.56 Å². The van der Waals surface area contributed by atoms with Crippen molar-refractivity contribution in [2.24, 2.45) is 0 Å². The largest absolute Gasteiger partial charge is 0.494 e. The van der Waals surface area contributed by atoms with Crippen LogP contribution in [0.5, 0.6) is 5.75 Å². The number of carboxylic acids is 1. The molecule has 0 radical (unpaired) electrons. The van der Waals surface area contributed by atoms with Gasteiger partial charge in [-0.2, -0.15) is 0 Å². The molecule has 5 nitrogen and oxygen atoms in total. The van der Waals surface area contributed by atoms with Gasteiger partial charge in [-0.3, -0.25) is 9.78 Å². The Balaban J connectivity index is 1.75. The van der Waals surface area contributed by atoms with Gasteiger partial charge in [-0.15, -0.1) is 0 Å². The predicted molar refractivity (Wildman–Crippen MR) is 97.0 cm³/mol. The van der Waals surface area contributed by atoms with E-state index in [0.29, 0.717) is 6.61 Å². The number of hydrogen-bond acceptors (Lipinski definition) is 2. The van der Waals surface area contributed by atoms with Crippen LogP contribution in [0.25, 0.3) is 27.7 Å². The van der Waals surface area contributed by atoms with Gasteiger partial charge in [0.25, 0.3) is 0 Å². The van der Waals surface area contributed by atoms with Crippen molar-refractivity contribution in [3.8, 4) is 22.7 Å². The van der Waals surface area contributed by atoms with Crippen LogP contribution < -0.4 is 4.74 Å². The van der Waals surface area contributed by atoms with Crippen LogP contribution in [0.15, 0.2) is 54.7 Å². The quantitative estimate of drug-likeness (QED) is 0.562. The molecule has 0 atom stereocenters. The lowest BCUT2D eigenvalue weighted by atomic mass is 10.2. The van der Waals surface area contributed by atoms with E-state index < -0.39 is 5.97 Å². The highest BCUT2D eigenvalue weighted by molar-refractivity contribution is 6.01. The molecule has 0 spiro atoms. The minimum atomic E-state index is -0.932. The molecule has 126 valence electrons.